The quantitative estimate of drug-likeness (QED) is 0.539. The summed E-state index contributed by atoms with van der Waals surface area (Å²) in [7, 11) is 0. The van der Waals surface area contributed by atoms with Gasteiger partial charge in [-0.3, -0.25) is 24.3 Å². The fourth-order valence-corrected chi connectivity index (χ4v) is 5.27. The molecule has 8 nitrogen and oxygen atoms in total. The Morgan fingerprint density at radius 3 is 2.47 bits per heavy atom. The third kappa shape index (κ3) is 5.28. The molecule has 2 aliphatic rings. The second-order valence-electron chi connectivity index (χ2n) is 9.70. The molecule has 5 rings (SSSR count). The summed E-state index contributed by atoms with van der Waals surface area (Å²) in [5.74, 6) is -0.676. The zero-order valence-corrected chi connectivity index (χ0v) is 21.9. The van der Waals surface area contributed by atoms with Crippen molar-refractivity contribution < 1.29 is 19.1 Å². The summed E-state index contributed by atoms with van der Waals surface area (Å²) in [6, 6.07) is 17.0. The van der Waals surface area contributed by atoms with Gasteiger partial charge in [0.15, 0.2) is 0 Å². The molecule has 1 atom stereocenters. The first-order valence-electron chi connectivity index (χ1n) is 12.6. The number of aryl methyl sites for hydroxylation is 1. The fraction of sp³-hybridized carbons (Fsp3) is 0.310. The van der Waals surface area contributed by atoms with Crippen LogP contribution in [0.15, 0.2) is 73.1 Å². The standard InChI is InChI=1S/C29H29ClN4O4/c1-20-7-9-22(10-8-20)28(37)34-25(26(35)32-18-21-4-3-13-31-17-21)19-38-29(34)11-14-33(15-12-29)27(36)23-5-2-6-24(30)16-23/h2-10,13,16-17,25H,11-12,14-15,18-19H2,1H3,(H,32,35)/t25-/m1/s1. The van der Waals surface area contributed by atoms with Crippen LogP contribution >= 0.6 is 11.6 Å². The van der Waals surface area contributed by atoms with Gasteiger partial charge < -0.3 is 15.0 Å². The van der Waals surface area contributed by atoms with Crippen molar-refractivity contribution in [1.29, 1.82) is 0 Å². The van der Waals surface area contributed by atoms with Crippen LogP contribution in [0.3, 0.4) is 0 Å². The van der Waals surface area contributed by atoms with Gasteiger partial charge in [0.25, 0.3) is 11.8 Å². The van der Waals surface area contributed by atoms with Crippen LogP contribution in [-0.2, 0) is 16.1 Å². The SMILES string of the molecule is Cc1ccc(C(=O)N2[C@@H](C(=O)NCc3cccnc3)COC23CCN(C(=O)c2cccc(Cl)c2)CC3)cc1. The fourth-order valence-electron chi connectivity index (χ4n) is 5.08. The molecule has 1 aromatic heterocycles. The summed E-state index contributed by atoms with van der Waals surface area (Å²) in [5.41, 5.74) is 1.92. The molecule has 2 saturated heterocycles. The Morgan fingerprint density at radius 2 is 1.79 bits per heavy atom. The molecule has 3 amide bonds. The number of piperidine rings is 1. The average Bonchev–Trinajstić information content (AvgIpc) is 3.30. The zero-order chi connectivity index (χ0) is 26.7. The number of rotatable bonds is 5. The van der Waals surface area contributed by atoms with Gasteiger partial charge in [-0.25, -0.2) is 0 Å². The summed E-state index contributed by atoms with van der Waals surface area (Å²) in [6.07, 6.45) is 4.15. The van der Waals surface area contributed by atoms with E-state index >= 15 is 0 Å². The molecule has 0 saturated carbocycles. The lowest BCUT2D eigenvalue weighted by Crippen LogP contribution is -2.59. The first kappa shape index (κ1) is 25.9. The van der Waals surface area contributed by atoms with Crippen molar-refractivity contribution in [2.75, 3.05) is 19.7 Å². The highest BCUT2D eigenvalue weighted by molar-refractivity contribution is 6.30. The molecule has 2 fully saturated rings. The summed E-state index contributed by atoms with van der Waals surface area (Å²) >= 11 is 6.08. The number of pyridine rings is 1. The lowest BCUT2D eigenvalue weighted by molar-refractivity contribution is -0.128. The number of likely N-dealkylation sites (tertiary alicyclic amines) is 1. The predicted octanol–water partition coefficient (Wildman–Crippen LogP) is 3.83. The highest BCUT2D eigenvalue weighted by Crippen LogP contribution is 2.39. The van der Waals surface area contributed by atoms with Gasteiger partial charge in [-0.2, -0.15) is 0 Å². The molecular weight excluding hydrogens is 504 g/mol. The van der Waals surface area contributed by atoms with Crippen LogP contribution in [0.2, 0.25) is 5.02 Å². The van der Waals surface area contributed by atoms with Crippen LogP contribution in [0, 0.1) is 6.92 Å². The van der Waals surface area contributed by atoms with Crippen LogP contribution in [-0.4, -0.2) is 64.0 Å². The van der Waals surface area contributed by atoms with E-state index in [0.717, 1.165) is 11.1 Å². The Bertz CT molecular complexity index is 1320. The van der Waals surface area contributed by atoms with Crippen molar-refractivity contribution in [3.05, 3.63) is 100 Å². The number of carbonyl (C=O) groups is 3. The first-order valence-corrected chi connectivity index (χ1v) is 13.0. The number of amides is 3. The number of carbonyl (C=O) groups excluding carboxylic acids is 3. The molecular formula is C29H29ClN4O4. The second kappa shape index (κ2) is 10.9. The number of ether oxygens (including phenoxy) is 1. The lowest BCUT2D eigenvalue weighted by Gasteiger charge is -2.44. The Hall–Kier alpha value is -3.75. The van der Waals surface area contributed by atoms with Gasteiger partial charge in [-0.05, 0) is 48.9 Å². The largest absolute Gasteiger partial charge is 0.353 e. The van der Waals surface area contributed by atoms with Gasteiger partial charge in [0, 0.05) is 61.0 Å². The first-order chi connectivity index (χ1) is 18.4. The van der Waals surface area contributed by atoms with E-state index in [2.05, 4.69) is 10.3 Å². The van der Waals surface area contributed by atoms with E-state index in [4.69, 9.17) is 16.3 Å². The zero-order valence-electron chi connectivity index (χ0n) is 21.1. The number of aromatic nitrogens is 1. The molecule has 1 N–H and O–H groups in total. The van der Waals surface area contributed by atoms with E-state index < -0.39 is 11.8 Å². The minimum Gasteiger partial charge on any atom is -0.353 e. The number of hydrogen-bond acceptors (Lipinski definition) is 5. The van der Waals surface area contributed by atoms with Crippen molar-refractivity contribution in [3.8, 4) is 0 Å². The van der Waals surface area contributed by atoms with Gasteiger partial charge in [-0.1, -0.05) is 41.4 Å². The van der Waals surface area contributed by atoms with Crippen molar-refractivity contribution in [1.82, 2.24) is 20.1 Å². The number of nitrogens with one attached hydrogen (secondary N) is 1. The van der Waals surface area contributed by atoms with E-state index in [1.165, 1.54) is 0 Å². The molecule has 3 aromatic rings. The van der Waals surface area contributed by atoms with Crippen molar-refractivity contribution in [2.24, 2.45) is 0 Å². The summed E-state index contributed by atoms with van der Waals surface area (Å²) in [4.78, 5) is 47.7. The van der Waals surface area contributed by atoms with Crippen LogP contribution in [0.4, 0.5) is 0 Å². The molecule has 38 heavy (non-hydrogen) atoms. The number of benzene rings is 2. The van der Waals surface area contributed by atoms with Gasteiger partial charge in [0.05, 0.1) is 6.61 Å². The Kier molecular flexibility index (Phi) is 7.44. The number of nitrogens with zero attached hydrogens (tertiary/aromatic N) is 3. The van der Waals surface area contributed by atoms with Gasteiger partial charge in [-0.15, -0.1) is 0 Å². The van der Waals surface area contributed by atoms with E-state index in [-0.39, 0.29) is 24.3 Å². The summed E-state index contributed by atoms with van der Waals surface area (Å²) in [5, 5.41) is 3.43. The molecule has 0 radical (unpaired) electrons. The maximum atomic E-state index is 13.9. The second-order valence-corrected chi connectivity index (χ2v) is 10.1. The van der Waals surface area contributed by atoms with Crippen LogP contribution in [0.1, 0.15) is 44.7 Å². The maximum Gasteiger partial charge on any atom is 0.256 e. The van der Waals surface area contributed by atoms with E-state index in [1.54, 1.807) is 64.7 Å². The number of hydrogen-bond donors (Lipinski definition) is 1. The van der Waals surface area contributed by atoms with Gasteiger partial charge >= 0.3 is 0 Å². The smallest absolute Gasteiger partial charge is 0.256 e. The van der Waals surface area contributed by atoms with Crippen molar-refractivity contribution in [2.45, 2.75) is 38.1 Å². The lowest BCUT2D eigenvalue weighted by atomic mass is 9.96. The predicted molar refractivity (Wildman–Crippen MR) is 142 cm³/mol. The summed E-state index contributed by atoms with van der Waals surface area (Å²) < 4.78 is 6.27. The van der Waals surface area contributed by atoms with Crippen molar-refractivity contribution in [3.63, 3.8) is 0 Å². The highest BCUT2D eigenvalue weighted by atomic mass is 35.5. The summed E-state index contributed by atoms with van der Waals surface area (Å²) in [6.45, 7) is 3.10. The Labute approximate surface area is 226 Å². The molecule has 196 valence electrons. The number of halogens is 1. The molecule has 0 unspecified atom stereocenters. The molecule has 9 heteroatoms. The van der Waals surface area contributed by atoms with E-state index in [9.17, 15) is 14.4 Å². The highest BCUT2D eigenvalue weighted by Gasteiger charge is 2.54. The average molecular weight is 533 g/mol. The minimum atomic E-state index is -0.983. The maximum absolute atomic E-state index is 13.9. The van der Waals surface area contributed by atoms with E-state index in [0.29, 0.717) is 48.6 Å². The van der Waals surface area contributed by atoms with Crippen molar-refractivity contribution >= 4 is 29.3 Å². The molecule has 2 aliphatic heterocycles. The topological polar surface area (TPSA) is 91.8 Å². The van der Waals surface area contributed by atoms with Crippen LogP contribution < -0.4 is 5.32 Å². The molecule has 0 bridgehead atoms. The third-order valence-electron chi connectivity index (χ3n) is 7.17. The molecule has 3 heterocycles. The molecule has 0 aliphatic carbocycles. The van der Waals surface area contributed by atoms with Crippen LogP contribution in [0.5, 0.6) is 0 Å². The van der Waals surface area contributed by atoms with Gasteiger partial charge in [0.1, 0.15) is 11.8 Å². The molecule has 1 spiro atoms. The Morgan fingerprint density at radius 1 is 1.03 bits per heavy atom. The minimum absolute atomic E-state index is 0.0821. The normalized spacial score (nSPS) is 18.4. The monoisotopic (exact) mass is 532 g/mol. The van der Waals surface area contributed by atoms with Gasteiger partial charge in [0.2, 0.25) is 5.91 Å². The third-order valence-corrected chi connectivity index (χ3v) is 7.41. The van der Waals surface area contributed by atoms with E-state index in [1.807, 2.05) is 25.1 Å². The van der Waals surface area contributed by atoms with Crippen LogP contribution in [0.25, 0.3) is 0 Å². The Balaban J connectivity index is 1.36. The molecule has 2 aromatic carbocycles.